The lowest BCUT2D eigenvalue weighted by Gasteiger charge is -2.02. The topological polar surface area (TPSA) is 12.0 Å². The summed E-state index contributed by atoms with van der Waals surface area (Å²) in [4.78, 5) is 0. The van der Waals surface area contributed by atoms with Gasteiger partial charge in [-0.2, -0.15) is 0 Å². The maximum Gasteiger partial charge on any atom is 0.159 e. The van der Waals surface area contributed by atoms with Crippen molar-refractivity contribution in [2.75, 3.05) is 6.50 Å². The third-order valence-corrected chi connectivity index (χ3v) is 0.424. The minimum atomic E-state index is -2.57. The van der Waals surface area contributed by atoms with E-state index in [1.165, 1.54) is 0 Å². The second-order valence-corrected chi connectivity index (χ2v) is 0.825. The molecule has 1 rings (SSSR count). The monoisotopic (exact) mass is 90.1 g/mol. The van der Waals surface area contributed by atoms with Crippen LogP contribution in [-0.2, 0) is 0 Å². The molecule has 6 heavy (non-hydrogen) atoms. The average Bonchev–Trinajstić information content (AvgIpc) is 2.00. The van der Waals surface area contributed by atoms with E-state index in [0.29, 0.717) is 0 Å². The summed E-state index contributed by atoms with van der Waals surface area (Å²) >= 11 is 0. The van der Waals surface area contributed by atoms with E-state index in [9.17, 15) is 0 Å². The normalized spacial score (nSPS) is 69.3. The molecule has 0 fully saturated rings. The number of rotatable bonds is 0. The van der Waals surface area contributed by atoms with Crippen LogP contribution in [0.4, 0.5) is 0 Å². The van der Waals surface area contributed by atoms with Gasteiger partial charge in [-0.3, -0.25) is 0 Å². The van der Waals surface area contributed by atoms with Gasteiger partial charge in [0.05, 0.1) is 1.37 Å². The lowest BCUT2D eigenvalue weighted by molar-refractivity contribution is 0.728. The molecule has 0 aromatic heterocycles. The van der Waals surface area contributed by atoms with Crippen molar-refractivity contribution in [2.24, 2.45) is 0 Å². The first kappa shape index (κ1) is 0.726. The fourth-order valence-corrected chi connectivity index (χ4v) is 0.218. The zero-order valence-electron chi connectivity index (χ0n) is 10.1. The highest BCUT2D eigenvalue weighted by atomic mass is 14.8. The predicted molar refractivity (Wildman–Crippen MR) is 26.4 cm³/mol. The van der Waals surface area contributed by atoms with E-state index in [1.54, 1.807) is 0 Å². The molecular formula is C5H9N. The van der Waals surface area contributed by atoms with Crippen molar-refractivity contribution >= 4 is 0 Å². The van der Waals surface area contributed by atoms with Gasteiger partial charge in [0.1, 0.15) is 0 Å². The minimum absolute atomic E-state index is 0.250. The Hall–Kier alpha value is -0.460. The van der Waals surface area contributed by atoms with Crippen molar-refractivity contribution in [3.05, 3.63) is 12.3 Å². The van der Waals surface area contributed by atoms with E-state index in [0.717, 1.165) is 6.20 Å². The van der Waals surface area contributed by atoms with Crippen molar-refractivity contribution in [2.45, 2.75) is 12.8 Å². The van der Waals surface area contributed by atoms with Gasteiger partial charge in [-0.1, -0.05) is 6.05 Å². The molecule has 0 bridgehead atoms. The standard InChI is InChI=1S/C5H9N/c1-2-4-6-5-3-1/h2,4,6H,1,3,5H2/i1D,2D,3D2,5D2/hD. The van der Waals surface area contributed by atoms with Gasteiger partial charge in [0.25, 0.3) is 0 Å². The van der Waals surface area contributed by atoms with Crippen LogP contribution < -0.4 is 5.31 Å². The molecule has 1 aliphatic rings. The van der Waals surface area contributed by atoms with Gasteiger partial charge in [0, 0.05) is 13.4 Å². The van der Waals surface area contributed by atoms with Gasteiger partial charge < -0.3 is 5.31 Å². The van der Waals surface area contributed by atoms with E-state index in [-0.39, 0.29) is 5.31 Å². The van der Waals surface area contributed by atoms with Crippen LogP contribution >= 0.6 is 0 Å². The molecule has 1 heterocycles. The van der Waals surface area contributed by atoms with Crippen molar-refractivity contribution in [1.82, 2.24) is 5.31 Å². The molecule has 0 aromatic carbocycles. The van der Waals surface area contributed by atoms with Crippen molar-refractivity contribution in [1.29, 1.82) is 0 Å². The van der Waals surface area contributed by atoms with E-state index in [1.807, 2.05) is 0 Å². The molecule has 0 aromatic rings. The summed E-state index contributed by atoms with van der Waals surface area (Å²) in [5.74, 6) is 0. The van der Waals surface area contributed by atoms with Crippen LogP contribution in [0.25, 0.3) is 0 Å². The second kappa shape index (κ2) is 1.85. The highest BCUT2D eigenvalue weighted by molar-refractivity contribution is 4.83. The fraction of sp³-hybridized carbons (Fsp3) is 0.600. The van der Waals surface area contributed by atoms with Crippen molar-refractivity contribution in [3.63, 3.8) is 0 Å². The summed E-state index contributed by atoms with van der Waals surface area (Å²) in [6, 6.07) is -0.393. The maximum atomic E-state index is 7.28. The Morgan fingerprint density at radius 1 is 2.17 bits per heavy atom. The van der Waals surface area contributed by atoms with Crippen LogP contribution in [0, 0.1) is 0 Å². The van der Waals surface area contributed by atoms with Crippen LogP contribution in [0.3, 0.4) is 0 Å². The first-order valence-corrected chi connectivity index (χ1v) is 1.60. The Morgan fingerprint density at radius 2 is 3.17 bits per heavy atom. The van der Waals surface area contributed by atoms with Crippen LogP contribution in [0.2, 0.25) is 1.41 Å². The Morgan fingerprint density at radius 3 is 4.17 bits per heavy atom. The largest absolute Gasteiger partial charge is 0.391 e. The first-order chi connectivity index (χ1) is 5.71. The lowest BCUT2D eigenvalue weighted by Crippen LogP contribution is -2.09. The van der Waals surface area contributed by atoms with Crippen LogP contribution in [0.1, 0.15) is 21.0 Å². The highest BCUT2D eigenvalue weighted by Crippen LogP contribution is 1.91. The van der Waals surface area contributed by atoms with Gasteiger partial charge >= 0.3 is 0 Å². The van der Waals surface area contributed by atoms with Gasteiger partial charge in [-0.05, 0) is 19.0 Å². The fourth-order valence-electron chi connectivity index (χ4n) is 0.218. The molecule has 1 nitrogen and oxygen atoms in total. The zero-order valence-corrected chi connectivity index (χ0v) is 3.10. The molecule has 1 heteroatoms. The van der Waals surface area contributed by atoms with Gasteiger partial charge in [0.2, 0.25) is 0 Å². The zero-order chi connectivity index (χ0) is 10.4. The molecule has 1 aliphatic heterocycles. The smallest absolute Gasteiger partial charge is 0.159 e. The van der Waals surface area contributed by atoms with E-state index in [4.69, 9.17) is 9.64 Å². The van der Waals surface area contributed by atoms with Gasteiger partial charge in [0.15, 0.2) is 1.41 Å². The molecule has 1 unspecified atom stereocenters. The molecule has 0 amide bonds. The quantitative estimate of drug-likeness (QED) is 0.465. The van der Waals surface area contributed by atoms with Crippen LogP contribution in [0.5, 0.6) is 0 Å². The molecule has 0 aliphatic carbocycles. The van der Waals surface area contributed by atoms with Gasteiger partial charge in [-0.25, -0.2) is 0 Å². The summed E-state index contributed by atoms with van der Waals surface area (Å²) in [5, 5.41) is 0.250. The first-order valence-electron chi connectivity index (χ1n) is 5.12. The molecule has 0 saturated heterocycles. The Balaban J connectivity index is 3.18. The molecular weight excluding hydrogens is 74.1 g/mol. The van der Waals surface area contributed by atoms with Gasteiger partial charge in [-0.15, -0.1) is 0 Å². The third-order valence-electron chi connectivity index (χ3n) is 0.424. The minimum Gasteiger partial charge on any atom is -0.391 e. The van der Waals surface area contributed by atoms with Crippen molar-refractivity contribution in [3.8, 4) is 0 Å². The number of nitrogens with one attached hydrogen (secondary N) is 1. The average molecular weight is 90.2 g/mol. The summed E-state index contributed by atoms with van der Waals surface area (Å²) in [6.07, 6.45) is -3.30. The number of hydrogen-bond acceptors (Lipinski definition) is 1. The Labute approximate surface area is 47.9 Å². The van der Waals surface area contributed by atoms with Crippen LogP contribution in [0.15, 0.2) is 12.3 Å². The van der Waals surface area contributed by atoms with Crippen LogP contribution in [-0.4, -0.2) is 6.50 Å². The molecule has 0 saturated carbocycles. The summed E-state index contributed by atoms with van der Waals surface area (Å²) in [6.45, 7) is -2.57. The van der Waals surface area contributed by atoms with Crippen molar-refractivity contribution < 1.29 is 9.64 Å². The lowest BCUT2D eigenvalue weighted by atomic mass is 10.2. The third kappa shape index (κ3) is 0.744. The summed E-state index contributed by atoms with van der Waals surface area (Å²) in [5.41, 5.74) is 0. The summed E-state index contributed by atoms with van der Waals surface area (Å²) in [7, 11) is 0. The van der Waals surface area contributed by atoms with E-state index < -0.39 is 25.3 Å². The van der Waals surface area contributed by atoms with E-state index >= 15 is 0 Å². The molecule has 1 atom stereocenters. The molecule has 0 radical (unpaired) electrons. The number of hydrogen-bond donors (Lipinski definition) is 1. The second-order valence-electron chi connectivity index (χ2n) is 0.825. The number of allylic oxidation sites excluding steroid dienone is 1. The summed E-state index contributed by atoms with van der Waals surface area (Å²) < 4.78 is 50.5. The predicted octanol–water partition coefficient (Wildman–Crippen LogP) is 0.884. The highest BCUT2D eigenvalue weighted by Gasteiger charge is 1.84. The van der Waals surface area contributed by atoms with E-state index in [2.05, 4.69) is 0 Å². The Kier molecular flexibility index (Phi) is 0.224. The molecule has 1 N–H and O–H groups in total. The molecule has 34 valence electrons. The Bertz CT molecular complexity index is 247. The molecule has 0 spiro atoms. The maximum absolute atomic E-state index is 7.28. The SMILES string of the molecule is [2H]C1=CN([2H])C([2H])([2H])C([2H])([2H])C1[2H].